The van der Waals surface area contributed by atoms with E-state index >= 15 is 0 Å². The van der Waals surface area contributed by atoms with Crippen molar-refractivity contribution in [3.8, 4) is 0 Å². The quantitative estimate of drug-likeness (QED) is 0.461. The molecule has 1 aromatic rings. The van der Waals surface area contributed by atoms with E-state index in [1.165, 1.54) is 37.7 Å². The molecular weight excluding hydrogens is 304 g/mol. The lowest BCUT2D eigenvalue weighted by Crippen LogP contribution is -2.41. The Labute approximate surface area is 145 Å². The number of benzene rings is 1. The molecule has 1 fully saturated rings. The standard InChI is InChI=1S/C12H20NP.C6H12BO2/c1-4-5-10-14-12-9-7-6-8-11(12)13(2)3;1-5(2)6(3,4)9-7-8-5/h6-9,14H,4-5,10H2,1-3H3;1-4H3. The molecule has 3 nitrogen and oxygen atoms in total. The third kappa shape index (κ3) is 6.10. The Morgan fingerprint density at radius 2 is 1.61 bits per heavy atom. The summed E-state index contributed by atoms with van der Waals surface area (Å²) in [7, 11) is 6.61. The van der Waals surface area contributed by atoms with Crippen LogP contribution in [0.1, 0.15) is 47.5 Å². The van der Waals surface area contributed by atoms with Gasteiger partial charge in [-0.3, -0.25) is 0 Å². The largest absolute Gasteiger partial charge is 0.488 e. The van der Waals surface area contributed by atoms with Crippen LogP contribution in [0.25, 0.3) is 0 Å². The van der Waals surface area contributed by atoms with Crippen LogP contribution in [-0.4, -0.2) is 39.1 Å². The lowest BCUT2D eigenvalue weighted by molar-refractivity contribution is 0.00578. The molecule has 1 aromatic carbocycles. The Bertz CT molecular complexity index is 464. The van der Waals surface area contributed by atoms with Crippen molar-refractivity contribution in [2.75, 3.05) is 25.2 Å². The second kappa shape index (κ2) is 9.06. The van der Waals surface area contributed by atoms with Crippen LogP contribution >= 0.6 is 8.58 Å². The van der Waals surface area contributed by atoms with Gasteiger partial charge in [0.1, 0.15) is 0 Å². The van der Waals surface area contributed by atoms with Crippen LogP contribution in [0, 0.1) is 0 Å². The highest BCUT2D eigenvalue weighted by molar-refractivity contribution is 7.47. The summed E-state index contributed by atoms with van der Waals surface area (Å²) in [5, 5.41) is 1.51. The molecule has 0 spiro atoms. The van der Waals surface area contributed by atoms with E-state index < -0.39 is 0 Å². The minimum Gasteiger partial charge on any atom is -0.405 e. The molecule has 1 aliphatic heterocycles. The van der Waals surface area contributed by atoms with E-state index in [-0.39, 0.29) is 11.2 Å². The lowest BCUT2D eigenvalue weighted by atomic mass is 9.90. The SMILES string of the molecule is CC1(C)O[B]OC1(C)C.CCCCPc1ccccc1N(C)C. The van der Waals surface area contributed by atoms with Gasteiger partial charge in [0, 0.05) is 19.8 Å². The molecule has 1 atom stereocenters. The Morgan fingerprint density at radius 3 is 2.04 bits per heavy atom. The van der Waals surface area contributed by atoms with Gasteiger partial charge in [0.15, 0.2) is 0 Å². The molecular formula is C18H32BNO2P. The molecule has 1 aliphatic rings. The predicted octanol–water partition coefficient (Wildman–Crippen LogP) is 3.98. The second-order valence-electron chi connectivity index (χ2n) is 7.04. The summed E-state index contributed by atoms with van der Waals surface area (Å²) >= 11 is 0. The highest BCUT2D eigenvalue weighted by Gasteiger charge is 2.44. The van der Waals surface area contributed by atoms with Gasteiger partial charge in [0.05, 0.1) is 11.2 Å². The van der Waals surface area contributed by atoms with Crippen LogP contribution in [0.15, 0.2) is 24.3 Å². The molecule has 2 rings (SSSR count). The number of hydrogen-bond acceptors (Lipinski definition) is 3. The molecule has 1 heterocycles. The minimum absolute atomic E-state index is 0.187. The van der Waals surface area contributed by atoms with Crippen LogP contribution in [0.4, 0.5) is 5.69 Å². The smallest absolute Gasteiger partial charge is 0.405 e. The zero-order chi connectivity index (χ0) is 17.5. The molecule has 0 aliphatic carbocycles. The van der Waals surface area contributed by atoms with Crippen molar-refractivity contribution in [1.82, 2.24) is 0 Å². The summed E-state index contributed by atoms with van der Waals surface area (Å²) in [6.45, 7) is 10.3. The second-order valence-corrected chi connectivity index (χ2v) is 8.44. The van der Waals surface area contributed by atoms with Gasteiger partial charge in [0.25, 0.3) is 0 Å². The summed E-state index contributed by atoms with van der Waals surface area (Å²) in [6.07, 6.45) is 3.98. The Balaban J connectivity index is 0.000000253. The zero-order valence-electron chi connectivity index (χ0n) is 15.8. The van der Waals surface area contributed by atoms with Crippen LogP contribution < -0.4 is 10.2 Å². The van der Waals surface area contributed by atoms with E-state index in [9.17, 15) is 0 Å². The van der Waals surface area contributed by atoms with E-state index in [1.54, 1.807) is 0 Å². The van der Waals surface area contributed by atoms with Gasteiger partial charge in [-0.25, -0.2) is 0 Å². The molecule has 0 aromatic heterocycles. The van der Waals surface area contributed by atoms with Crippen molar-refractivity contribution in [3.63, 3.8) is 0 Å². The van der Waals surface area contributed by atoms with E-state index in [1.807, 2.05) is 27.7 Å². The Kier molecular flexibility index (Phi) is 8.07. The van der Waals surface area contributed by atoms with Gasteiger partial charge in [-0.15, -0.1) is 0 Å². The maximum absolute atomic E-state index is 5.21. The van der Waals surface area contributed by atoms with Gasteiger partial charge in [0.2, 0.25) is 0 Å². The van der Waals surface area contributed by atoms with Gasteiger partial charge in [-0.1, -0.05) is 40.1 Å². The minimum atomic E-state index is -0.188. The molecule has 23 heavy (non-hydrogen) atoms. The monoisotopic (exact) mass is 336 g/mol. The summed E-state index contributed by atoms with van der Waals surface area (Å²) in [5.41, 5.74) is 1.00. The molecule has 1 saturated heterocycles. The fourth-order valence-electron chi connectivity index (χ4n) is 1.96. The molecule has 5 heteroatoms. The molecule has 0 saturated carbocycles. The van der Waals surface area contributed by atoms with Crippen LogP contribution in [0.3, 0.4) is 0 Å². The molecule has 1 radical (unpaired) electrons. The third-order valence-corrected chi connectivity index (χ3v) is 5.77. The average molecular weight is 336 g/mol. The van der Waals surface area contributed by atoms with Crippen LogP contribution in [0.2, 0.25) is 0 Å². The van der Waals surface area contributed by atoms with E-state index in [4.69, 9.17) is 9.31 Å². The van der Waals surface area contributed by atoms with Gasteiger partial charge in [-0.05, 0) is 51.6 Å². The Morgan fingerprint density at radius 1 is 1.04 bits per heavy atom. The molecule has 129 valence electrons. The first kappa shape index (κ1) is 20.5. The molecule has 1 unspecified atom stereocenters. The van der Waals surface area contributed by atoms with Crippen LogP contribution in [-0.2, 0) is 9.31 Å². The van der Waals surface area contributed by atoms with E-state index in [0.29, 0.717) is 0 Å². The molecule has 0 bridgehead atoms. The number of hydrogen-bond donors (Lipinski definition) is 0. The van der Waals surface area contributed by atoms with Crippen molar-refractivity contribution < 1.29 is 9.31 Å². The van der Waals surface area contributed by atoms with Crippen molar-refractivity contribution in [2.24, 2.45) is 0 Å². The van der Waals surface area contributed by atoms with E-state index in [0.717, 1.165) is 8.58 Å². The summed E-state index contributed by atoms with van der Waals surface area (Å²) < 4.78 is 10.4. The fourth-order valence-corrected chi connectivity index (χ4v) is 3.46. The van der Waals surface area contributed by atoms with E-state index in [2.05, 4.69) is 50.2 Å². The van der Waals surface area contributed by atoms with Crippen LogP contribution in [0.5, 0.6) is 0 Å². The van der Waals surface area contributed by atoms with Gasteiger partial charge in [-0.2, -0.15) is 0 Å². The topological polar surface area (TPSA) is 21.7 Å². The number of anilines is 1. The number of para-hydroxylation sites is 1. The summed E-state index contributed by atoms with van der Waals surface area (Å²) in [5.74, 6) is 0. The first-order chi connectivity index (χ1) is 10.7. The van der Waals surface area contributed by atoms with Crippen molar-refractivity contribution in [3.05, 3.63) is 24.3 Å². The van der Waals surface area contributed by atoms with Crippen molar-refractivity contribution in [1.29, 1.82) is 0 Å². The van der Waals surface area contributed by atoms with Crippen molar-refractivity contribution in [2.45, 2.75) is 58.7 Å². The Hall–Kier alpha value is -0.565. The summed E-state index contributed by atoms with van der Waals surface area (Å²) in [6, 6.07) is 8.71. The maximum atomic E-state index is 5.21. The molecule has 0 amide bonds. The normalized spacial score (nSPS) is 18.4. The highest BCUT2D eigenvalue weighted by atomic mass is 31.1. The first-order valence-corrected chi connectivity index (χ1v) is 9.59. The van der Waals surface area contributed by atoms with Gasteiger partial charge < -0.3 is 14.2 Å². The van der Waals surface area contributed by atoms with Crippen molar-refractivity contribution >= 4 is 27.3 Å². The first-order valence-electron chi connectivity index (χ1n) is 8.39. The summed E-state index contributed by atoms with van der Waals surface area (Å²) in [4.78, 5) is 2.20. The number of rotatable bonds is 5. The number of unbranched alkanes of at least 4 members (excludes halogenated alkanes) is 1. The third-order valence-electron chi connectivity index (χ3n) is 4.37. The maximum Gasteiger partial charge on any atom is 0.488 e. The van der Waals surface area contributed by atoms with Gasteiger partial charge >= 0.3 is 7.69 Å². The predicted molar refractivity (Wildman–Crippen MR) is 105 cm³/mol. The highest BCUT2D eigenvalue weighted by Crippen LogP contribution is 2.33. The number of nitrogens with zero attached hydrogens (tertiary/aromatic N) is 1. The lowest BCUT2D eigenvalue weighted by Gasteiger charge is -2.32. The zero-order valence-corrected chi connectivity index (χ0v) is 16.8. The molecule has 0 N–H and O–H groups in total. The average Bonchev–Trinajstić information content (AvgIpc) is 2.72. The fraction of sp³-hybridized carbons (Fsp3) is 0.667.